The van der Waals surface area contributed by atoms with Crippen molar-refractivity contribution in [2.75, 3.05) is 24.5 Å². The van der Waals surface area contributed by atoms with Gasteiger partial charge in [0.1, 0.15) is 11.3 Å². The normalized spacial score (nSPS) is 24.5. The third kappa shape index (κ3) is 2.85. The molecule has 6 rings (SSSR count). The molecule has 0 amide bonds. The molecule has 162 valence electrons. The predicted octanol–water partition coefficient (Wildman–Crippen LogP) is 4.07. The van der Waals surface area contributed by atoms with Crippen molar-refractivity contribution >= 4 is 40.2 Å². The highest BCUT2D eigenvalue weighted by molar-refractivity contribution is 6.43. The number of halogens is 2. The van der Waals surface area contributed by atoms with Crippen LogP contribution >= 0.6 is 23.2 Å². The highest BCUT2D eigenvalue weighted by Crippen LogP contribution is 2.62. The van der Waals surface area contributed by atoms with E-state index in [0.717, 1.165) is 30.9 Å². The number of nitrogens with zero attached hydrogens (tertiary/aromatic N) is 5. The molecule has 1 aromatic carbocycles. The van der Waals surface area contributed by atoms with Gasteiger partial charge in [0.25, 0.3) is 0 Å². The molecule has 1 aliphatic heterocycles. The zero-order chi connectivity index (χ0) is 21.9. The largest absolute Gasteiger partial charge is 0.355 e. The van der Waals surface area contributed by atoms with Crippen LogP contribution in [0.5, 0.6) is 0 Å². The minimum atomic E-state index is 0.0172. The number of hydrogen-bond donors (Lipinski definition) is 2. The van der Waals surface area contributed by atoms with Crippen molar-refractivity contribution in [1.82, 2.24) is 25.1 Å². The summed E-state index contributed by atoms with van der Waals surface area (Å²) in [7, 11) is 0. The minimum Gasteiger partial charge on any atom is -0.355 e. The molecule has 2 fully saturated rings. The molecule has 4 aromatic rings. The SMILES string of the molecule is NCC1(c2cccnc2)C2CCN(c3cnc4c(-c5cccc(Cl)c5Cl)[nH]nc4n3)CC21. The lowest BCUT2D eigenvalue weighted by Crippen LogP contribution is -2.32. The lowest BCUT2D eigenvalue weighted by Gasteiger charge is -2.26. The highest BCUT2D eigenvalue weighted by Gasteiger charge is 2.65. The van der Waals surface area contributed by atoms with Crippen molar-refractivity contribution in [3.63, 3.8) is 0 Å². The van der Waals surface area contributed by atoms with Gasteiger partial charge in [0.2, 0.25) is 5.65 Å². The van der Waals surface area contributed by atoms with E-state index in [9.17, 15) is 0 Å². The molecule has 3 unspecified atom stereocenters. The van der Waals surface area contributed by atoms with Gasteiger partial charge in [-0.3, -0.25) is 10.1 Å². The number of piperidine rings is 1. The van der Waals surface area contributed by atoms with Crippen molar-refractivity contribution < 1.29 is 0 Å². The molecular weight excluding hydrogens is 445 g/mol. The van der Waals surface area contributed by atoms with E-state index in [-0.39, 0.29) is 5.41 Å². The zero-order valence-electron chi connectivity index (χ0n) is 17.2. The van der Waals surface area contributed by atoms with Crippen LogP contribution in [-0.4, -0.2) is 44.8 Å². The van der Waals surface area contributed by atoms with Crippen molar-refractivity contribution in [3.8, 4) is 11.3 Å². The monoisotopic (exact) mass is 465 g/mol. The number of anilines is 1. The Morgan fingerprint density at radius 1 is 1.16 bits per heavy atom. The van der Waals surface area contributed by atoms with Gasteiger partial charge in [-0.2, -0.15) is 5.10 Å². The Labute approximate surface area is 195 Å². The van der Waals surface area contributed by atoms with Crippen LogP contribution < -0.4 is 10.6 Å². The molecule has 3 aromatic heterocycles. The molecule has 1 saturated heterocycles. The maximum Gasteiger partial charge on any atom is 0.202 e. The summed E-state index contributed by atoms with van der Waals surface area (Å²) < 4.78 is 0. The number of pyridine rings is 1. The standard InChI is InChI=1S/C23H21Cl2N7/c24-17-5-1-4-14(19(17)25)20-21-22(31-30-20)29-18(10-28-21)32-8-6-15-16(11-32)23(15,12-26)13-3-2-7-27-9-13/h1-5,7,9-10,15-16H,6,8,11-12,26H2,(H,29,30,31). The second-order valence-corrected chi connectivity index (χ2v) is 9.32. The van der Waals surface area contributed by atoms with E-state index >= 15 is 0 Å². The van der Waals surface area contributed by atoms with Crippen molar-refractivity contribution in [2.24, 2.45) is 17.6 Å². The fourth-order valence-corrected chi connectivity index (χ4v) is 5.89. The summed E-state index contributed by atoms with van der Waals surface area (Å²) in [5.41, 5.74) is 10.3. The van der Waals surface area contributed by atoms with Gasteiger partial charge < -0.3 is 10.6 Å². The van der Waals surface area contributed by atoms with E-state index in [4.69, 9.17) is 33.9 Å². The first-order chi connectivity index (χ1) is 15.6. The van der Waals surface area contributed by atoms with Gasteiger partial charge in [-0.1, -0.05) is 41.4 Å². The second kappa shape index (κ2) is 7.40. The Balaban J connectivity index is 1.30. The van der Waals surface area contributed by atoms with E-state index in [1.165, 1.54) is 5.56 Å². The number of nitrogens with one attached hydrogen (secondary N) is 1. The first-order valence-electron chi connectivity index (χ1n) is 10.6. The van der Waals surface area contributed by atoms with E-state index in [1.54, 1.807) is 6.07 Å². The Hall–Kier alpha value is -2.74. The van der Waals surface area contributed by atoms with Gasteiger partial charge in [-0.05, 0) is 36.0 Å². The Morgan fingerprint density at radius 3 is 2.88 bits per heavy atom. The second-order valence-electron chi connectivity index (χ2n) is 8.53. The van der Waals surface area contributed by atoms with E-state index in [0.29, 0.717) is 45.3 Å². The summed E-state index contributed by atoms with van der Waals surface area (Å²) in [6.45, 7) is 2.45. The van der Waals surface area contributed by atoms with Crippen LogP contribution in [-0.2, 0) is 5.41 Å². The number of hydrogen-bond acceptors (Lipinski definition) is 6. The number of aromatic nitrogens is 5. The molecule has 0 radical (unpaired) electrons. The molecule has 3 N–H and O–H groups in total. The molecule has 4 heterocycles. The van der Waals surface area contributed by atoms with Gasteiger partial charge in [-0.15, -0.1) is 0 Å². The van der Waals surface area contributed by atoms with Gasteiger partial charge in [-0.25, -0.2) is 9.97 Å². The molecule has 0 spiro atoms. The number of fused-ring (bicyclic) bond motifs is 2. The summed E-state index contributed by atoms with van der Waals surface area (Å²) in [5, 5.41) is 8.37. The average molecular weight is 466 g/mol. The predicted molar refractivity (Wildman–Crippen MR) is 126 cm³/mol. The first kappa shape index (κ1) is 19.9. The molecule has 1 saturated carbocycles. The molecular formula is C23H21Cl2N7. The zero-order valence-corrected chi connectivity index (χ0v) is 18.7. The number of H-pyrrole nitrogens is 1. The van der Waals surface area contributed by atoms with Gasteiger partial charge in [0.15, 0.2) is 0 Å². The molecule has 32 heavy (non-hydrogen) atoms. The minimum absolute atomic E-state index is 0.0172. The Kier molecular flexibility index (Phi) is 4.61. The van der Waals surface area contributed by atoms with Crippen molar-refractivity contribution in [2.45, 2.75) is 11.8 Å². The molecule has 7 nitrogen and oxygen atoms in total. The molecule has 1 aliphatic carbocycles. The fraction of sp³-hybridized carbons (Fsp3) is 0.304. The molecule has 0 bridgehead atoms. The van der Waals surface area contributed by atoms with Crippen LogP contribution in [0.4, 0.5) is 5.82 Å². The fourth-order valence-electron chi connectivity index (χ4n) is 5.50. The van der Waals surface area contributed by atoms with Crippen LogP contribution in [0.15, 0.2) is 48.9 Å². The lowest BCUT2D eigenvalue weighted by molar-refractivity contribution is 0.545. The quantitative estimate of drug-likeness (QED) is 0.471. The highest BCUT2D eigenvalue weighted by atomic mass is 35.5. The number of rotatable bonds is 4. The van der Waals surface area contributed by atoms with Gasteiger partial charge >= 0.3 is 0 Å². The van der Waals surface area contributed by atoms with Crippen LogP contribution in [0.3, 0.4) is 0 Å². The van der Waals surface area contributed by atoms with Crippen LogP contribution in [0, 0.1) is 11.8 Å². The summed E-state index contributed by atoms with van der Waals surface area (Å²) in [6.07, 6.45) is 6.66. The first-order valence-corrected chi connectivity index (χ1v) is 11.4. The topological polar surface area (TPSA) is 96.6 Å². The number of aromatic amines is 1. The maximum absolute atomic E-state index is 6.40. The van der Waals surface area contributed by atoms with Crippen LogP contribution in [0.2, 0.25) is 10.0 Å². The average Bonchev–Trinajstić information content (AvgIpc) is 3.31. The lowest BCUT2D eigenvalue weighted by atomic mass is 9.93. The maximum atomic E-state index is 6.40. The van der Waals surface area contributed by atoms with Crippen molar-refractivity contribution in [1.29, 1.82) is 0 Å². The van der Waals surface area contributed by atoms with Crippen LogP contribution in [0.25, 0.3) is 22.4 Å². The van der Waals surface area contributed by atoms with Crippen molar-refractivity contribution in [3.05, 3.63) is 64.5 Å². The third-order valence-electron chi connectivity index (χ3n) is 7.16. The molecule has 2 aliphatic rings. The number of nitrogens with two attached hydrogens (primary N) is 1. The van der Waals surface area contributed by atoms with Gasteiger partial charge in [0, 0.05) is 43.0 Å². The summed E-state index contributed by atoms with van der Waals surface area (Å²) in [6, 6.07) is 9.64. The molecule has 3 atom stereocenters. The van der Waals surface area contributed by atoms with E-state index in [2.05, 4.69) is 31.1 Å². The Bertz CT molecular complexity index is 1310. The Morgan fingerprint density at radius 2 is 2.06 bits per heavy atom. The van der Waals surface area contributed by atoms with E-state index < -0.39 is 0 Å². The van der Waals surface area contributed by atoms with E-state index in [1.807, 2.05) is 36.8 Å². The summed E-state index contributed by atoms with van der Waals surface area (Å²) in [4.78, 5) is 16.1. The molecule has 9 heteroatoms. The number of benzene rings is 1. The van der Waals surface area contributed by atoms with Gasteiger partial charge in [0.05, 0.1) is 21.9 Å². The smallest absolute Gasteiger partial charge is 0.202 e. The summed E-state index contributed by atoms with van der Waals surface area (Å²) >= 11 is 12.6. The van der Waals surface area contributed by atoms with Crippen LogP contribution in [0.1, 0.15) is 12.0 Å². The summed E-state index contributed by atoms with van der Waals surface area (Å²) in [5.74, 6) is 1.91. The third-order valence-corrected chi connectivity index (χ3v) is 7.98.